The molecule has 1 aromatic carbocycles. The number of nitrogens with zero attached hydrogens (tertiary/aromatic N) is 1. The first-order valence-corrected chi connectivity index (χ1v) is 7.28. The summed E-state index contributed by atoms with van der Waals surface area (Å²) >= 11 is 1.52. The molecule has 1 N–H and O–H groups in total. The van der Waals surface area contributed by atoms with Crippen molar-refractivity contribution in [2.75, 3.05) is 5.75 Å². The van der Waals surface area contributed by atoms with Gasteiger partial charge in [-0.15, -0.1) is 11.8 Å². The van der Waals surface area contributed by atoms with Crippen molar-refractivity contribution in [1.29, 1.82) is 5.26 Å². The summed E-state index contributed by atoms with van der Waals surface area (Å²) in [6, 6.07) is 10.2. The largest absolute Gasteiger partial charge is 0.320 e. The first-order chi connectivity index (χ1) is 9.17. The topological polar surface area (TPSA) is 52.9 Å². The average Bonchev–Trinajstić information content (AvgIpc) is 2.39. The SMILES string of the molecule is CCSC1=C(C#N)[C@H](c2ccccc2C)CC(=O)N1. The summed E-state index contributed by atoms with van der Waals surface area (Å²) in [6.07, 6.45) is 0.349. The number of hydrogen-bond donors (Lipinski definition) is 1. The van der Waals surface area contributed by atoms with E-state index >= 15 is 0 Å². The van der Waals surface area contributed by atoms with Crippen LogP contribution in [0.1, 0.15) is 30.4 Å². The number of nitrogens with one attached hydrogen (secondary N) is 1. The van der Waals surface area contributed by atoms with Crippen molar-refractivity contribution < 1.29 is 4.79 Å². The Balaban J connectivity index is 2.49. The molecular formula is C15H16N2OS. The average molecular weight is 272 g/mol. The van der Waals surface area contributed by atoms with Gasteiger partial charge in [0.15, 0.2) is 0 Å². The minimum absolute atomic E-state index is 0.0109. The van der Waals surface area contributed by atoms with Crippen molar-refractivity contribution >= 4 is 17.7 Å². The maximum atomic E-state index is 11.8. The summed E-state index contributed by atoms with van der Waals surface area (Å²) in [5.74, 6) is 0.707. The van der Waals surface area contributed by atoms with Crippen LogP contribution in [0.25, 0.3) is 0 Å². The Hall–Kier alpha value is -1.73. The fraction of sp³-hybridized carbons (Fsp3) is 0.333. The zero-order valence-corrected chi connectivity index (χ0v) is 11.9. The number of carbonyl (C=O) groups is 1. The van der Waals surface area contributed by atoms with E-state index in [1.807, 2.05) is 38.1 Å². The Morgan fingerprint density at radius 1 is 1.47 bits per heavy atom. The number of allylic oxidation sites excluding steroid dienone is 1. The third-order valence-corrected chi connectivity index (χ3v) is 4.11. The molecule has 2 rings (SSSR count). The molecule has 19 heavy (non-hydrogen) atoms. The Morgan fingerprint density at radius 2 is 2.21 bits per heavy atom. The molecular weight excluding hydrogens is 256 g/mol. The van der Waals surface area contributed by atoms with Crippen LogP contribution in [0.5, 0.6) is 0 Å². The van der Waals surface area contributed by atoms with Crippen molar-refractivity contribution in [3.05, 3.63) is 46.0 Å². The van der Waals surface area contributed by atoms with E-state index in [0.29, 0.717) is 12.0 Å². The molecule has 1 atom stereocenters. The summed E-state index contributed by atoms with van der Waals surface area (Å²) < 4.78 is 0. The molecule has 0 bridgehead atoms. The van der Waals surface area contributed by atoms with E-state index in [2.05, 4.69) is 11.4 Å². The zero-order chi connectivity index (χ0) is 13.8. The van der Waals surface area contributed by atoms with Crippen molar-refractivity contribution in [3.63, 3.8) is 0 Å². The number of hydrogen-bond acceptors (Lipinski definition) is 3. The molecule has 0 saturated carbocycles. The van der Waals surface area contributed by atoms with Crippen molar-refractivity contribution in [1.82, 2.24) is 5.32 Å². The Morgan fingerprint density at radius 3 is 2.84 bits per heavy atom. The fourth-order valence-electron chi connectivity index (χ4n) is 2.32. The number of carbonyl (C=O) groups excluding carboxylic acids is 1. The summed E-state index contributed by atoms with van der Waals surface area (Å²) in [5.41, 5.74) is 2.87. The van der Waals surface area contributed by atoms with Gasteiger partial charge in [0.2, 0.25) is 5.91 Å². The number of aryl methyl sites for hydroxylation is 1. The highest BCUT2D eigenvalue weighted by atomic mass is 32.2. The molecule has 0 radical (unpaired) electrons. The van der Waals surface area contributed by atoms with Crippen LogP contribution in [-0.4, -0.2) is 11.7 Å². The second kappa shape index (κ2) is 5.94. The van der Waals surface area contributed by atoms with Crippen LogP contribution < -0.4 is 5.32 Å². The molecule has 0 saturated heterocycles. The van der Waals surface area contributed by atoms with Crippen LogP contribution >= 0.6 is 11.8 Å². The van der Waals surface area contributed by atoms with E-state index in [1.165, 1.54) is 11.8 Å². The van der Waals surface area contributed by atoms with Gasteiger partial charge in [-0.1, -0.05) is 31.2 Å². The third-order valence-electron chi connectivity index (χ3n) is 3.21. The predicted octanol–water partition coefficient (Wildman–Crippen LogP) is 3.09. The molecule has 0 aromatic heterocycles. The van der Waals surface area contributed by atoms with Crippen LogP contribution in [0.4, 0.5) is 0 Å². The van der Waals surface area contributed by atoms with Crippen LogP contribution in [0.2, 0.25) is 0 Å². The zero-order valence-electron chi connectivity index (χ0n) is 11.1. The molecule has 98 valence electrons. The molecule has 0 fully saturated rings. The first-order valence-electron chi connectivity index (χ1n) is 6.29. The number of rotatable bonds is 3. The molecule has 1 aliphatic rings. The first kappa shape index (κ1) is 13.7. The third kappa shape index (κ3) is 2.82. The van der Waals surface area contributed by atoms with E-state index in [0.717, 1.165) is 21.9 Å². The van der Waals surface area contributed by atoms with Crippen LogP contribution in [-0.2, 0) is 4.79 Å². The highest BCUT2D eigenvalue weighted by molar-refractivity contribution is 8.03. The van der Waals surface area contributed by atoms with Gasteiger partial charge in [0, 0.05) is 12.3 Å². The van der Waals surface area contributed by atoms with Gasteiger partial charge in [-0.3, -0.25) is 4.79 Å². The second-order valence-electron chi connectivity index (χ2n) is 4.45. The van der Waals surface area contributed by atoms with Gasteiger partial charge in [0.1, 0.15) is 0 Å². The van der Waals surface area contributed by atoms with Crippen molar-refractivity contribution in [3.8, 4) is 6.07 Å². The number of amides is 1. The van der Waals surface area contributed by atoms with E-state index in [4.69, 9.17) is 0 Å². The van der Waals surface area contributed by atoms with Crippen LogP contribution in [0.3, 0.4) is 0 Å². The molecule has 4 heteroatoms. The van der Waals surface area contributed by atoms with Crippen molar-refractivity contribution in [2.24, 2.45) is 0 Å². The smallest absolute Gasteiger partial charge is 0.225 e. The molecule has 0 spiro atoms. The molecule has 1 heterocycles. The van der Waals surface area contributed by atoms with Crippen LogP contribution in [0, 0.1) is 18.3 Å². The van der Waals surface area contributed by atoms with Gasteiger partial charge in [0.25, 0.3) is 0 Å². The van der Waals surface area contributed by atoms with Gasteiger partial charge in [0.05, 0.1) is 16.7 Å². The van der Waals surface area contributed by atoms with Gasteiger partial charge >= 0.3 is 0 Å². The normalized spacial score (nSPS) is 19.0. The maximum Gasteiger partial charge on any atom is 0.225 e. The highest BCUT2D eigenvalue weighted by Crippen LogP contribution is 2.36. The standard InChI is InChI=1S/C15H16N2OS/c1-3-19-15-13(9-16)12(8-14(18)17-15)11-7-5-4-6-10(11)2/h4-7,12H,3,8H2,1-2H3,(H,17,18)/t12-/m0/s1. The quantitative estimate of drug-likeness (QED) is 0.920. The van der Waals surface area contributed by atoms with Gasteiger partial charge < -0.3 is 5.32 Å². The lowest BCUT2D eigenvalue weighted by Crippen LogP contribution is -2.31. The summed E-state index contributed by atoms with van der Waals surface area (Å²) in [5, 5.41) is 13.0. The predicted molar refractivity (Wildman–Crippen MR) is 77.5 cm³/mol. The summed E-state index contributed by atoms with van der Waals surface area (Å²) in [7, 11) is 0. The van der Waals surface area contributed by atoms with E-state index in [-0.39, 0.29) is 11.8 Å². The molecule has 1 aliphatic heterocycles. The summed E-state index contributed by atoms with van der Waals surface area (Å²) in [6.45, 7) is 4.03. The molecule has 3 nitrogen and oxygen atoms in total. The van der Waals surface area contributed by atoms with E-state index in [9.17, 15) is 10.1 Å². The van der Waals surface area contributed by atoms with E-state index in [1.54, 1.807) is 0 Å². The molecule has 0 aliphatic carbocycles. The lowest BCUT2D eigenvalue weighted by molar-refractivity contribution is -0.120. The number of nitriles is 1. The highest BCUT2D eigenvalue weighted by Gasteiger charge is 2.29. The number of benzene rings is 1. The Kier molecular flexibility index (Phi) is 4.28. The number of thioether (sulfide) groups is 1. The maximum absolute atomic E-state index is 11.8. The summed E-state index contributed by atoms with van der Waals surface area (Å²) in [4.78, 5) is 11.8. The molecule has 1 amide bonds. The fourth-order valence-corrected chi connectivity index (χ4v) is 3.14. The lowest BCUT2D eigenvalue weighted by atomic mass is 9.85. The second-order valence-corrected chi connectivity index (χ2v) is 5.72. The van der Waals surface area contributed by atoms with E-state index < -0.39 is 0 Å². The van der Waals surface area contributed by atoms with Gasteiger partial charge in [-0.2, -0.15) is 5.26 Å². The van der Waals surface area contributed by atoms with Gasteiger partial charge in [-0.05, 0) is 23.8 Å². The van der Waals surface area contributed by atoms with Crippen LogP contribution in [0.15, 0.2) is 34.9 Å². The Bertz CT molecular complexity index is 572. The monoisotopic (exact) mass is 272 g/mol. The Labute approximate surface area is 117 Å². The molecule has 0 unspecified atom stereocenters. The molecule has 1 aromatic rings. The lowest BCUT2D eigenvalue weighted by Gasteiger charge is -2.25. The van der Waals surface area contributed by atoms with Crippen molar-refractivity contribution in [2.45, 2.75) is 26.2 Å². The minimum Gasteiger partial charge on any atom is -0.320 e. The van der Waals surface area contributed by atoms with Gasteiger partial charge in [-0.25, -0.2) is 0 Å². The minimum atomic E-state index is -0.117.